The molecule has 0 aromatic heterocycles. The van der Waals surface area contributed by atoms with Crippen LogP contribution in [0.15, 0.2) is 18.2 Å². The Morgan fingerprint density at radius 1 is 1.20 bits per heavy atom. The molecule has 15 heavy (non-hydrogen) atoms. The standard InChI is InChI=1S/C14H20O/c1-3-11-7-5-8-12(4-2)14(11)13-9-6-10-15-13/h5,7-8,13H,3-4,6,9-10H2,1-2H3. The van der Waals surface area contributed by atoms with Crippen molar-refractivity contribution in [3.8, 4) is 0 Å². The van der Waals surface area contributed by atoms with Crippen LogP contribution in [0.1, 0.15) is 49.5 Å². The molecule has 0 aliphatic carbocycles. The van der Waals surface area contributed by atoms with E-state index in [0.29, 0.717) is 6.10 Å². The third-order valence-electron chi connectivity index (χ3n) is 3.30. The van der Waals surface area contributed by atoms with Crippen molar-refractivity contribution in [3.05, 3.63) is 34.9 Å². The Kier molecular flexibility index (Phi) is 3.42. The fraction of sp³-hybridized carbons (Fsp3) is 0.571. The molecule has 82 valence electrons. The lowest BCUT2D eigenvalue weighted by Gasteiger charge is -2.18. The van der Waals surface area contributed by atoms with Crippen LogP contribution in [0.4, 0.5) is 0 Å². The average Bonchev–Trinajstić information content (AvgIpc) is 2.81. The summed E-state index contributed by atoms with van der Waals surface area (Å²) in [6.45, 7) is 5.40. The SMILES string of the molecule is CCc1cccc(CC)c1C1CCCO1. The van der Waals surface area contributed by atoms with Gasteiger partial charge < -0.3 is 4.74 Å². The minimum absolute atomic E-state index is 0.371. The van der Waals surface area contributed by atoms with E-state index in [9.17, 15) is 0 Å². The van der Waals surface area contributed by atoms with Gasteiger partial charge in [-0.2, -0.15) is 0 Å². The second-order valence-electron chi connectivity index (χ2n) is 4.20. The molecule has 0 spiro atoms. The minimum atomic E-state index is 0.371. The highest BCUT2D eigenvalue weighted by atomic mass is 16.5. The van der Waals surface area contributed by atoms with Gasteiger partial charge in [-0.05, 0) is 42.4 Å². The first-order chi connectivity index (χ1) is 7.36. The van der Waals surface area contributed by atoms with Crippen molar-refractivity contribution in [3.63, 3.8) is 0 Å². The molecule has 1 saturated heterocycles. The summed E-state index contributed by atoms with van der Waals surface area (Å²) < 4.78 is 5.82. The topological polar surface area (TPSA) is 9.23 Å². The summed E-state index contributed by atoms with van der Waals surface area (Å²) in [6, 6.07) is 6.67. The predicted molar refractivity (Wildman–Crippen MR) is 63.1 cm³/mol. The molecule has 1 atom stereocenters. The molecular weight excluding hydrogens is 184 g/mol. The second kappa shape index (κ2) is 4.80. The van der Waals surface area contributed by atoms with Gasteiger partial charge in [0.05, 0.1) is 6.10 Å². The van der Waals surface area contributed by atoms with Gasteiger partial charge in [0, 0.05) is 6.61 Å². The zero-order valence-corrected chi connectivity index (χ0v) is 9.75. The molecule has 1 nitrogen and oxygen atoms in total. The second-order valence-corrected chi connectivity index (χ2v) is 4.20. The van der Waals surface area contributed by atoms with E-state index in [2.05, 4.69) is 32.0 Å². The average molecular weight is 204 g/mol. The third-order valence-corrected chi connectivity index (χ3v) is 3.30. The van der Waals surface area contributed by atoms with Crippen molar-refractivity contribution in [1.29, 1.82) is 0 Å². The van der Waals surface area contributed by atoms with Gasteiger partial charge >= 0.3 is 0 Å². The third kappa shape index (κ3) is 2.07. The highest BCUT2D eigenvalue weighted by molar-refractivity contribution is 5.37. The first kappa shape index (κ1) is 10.7. The van der Waals surface area contributed by atoms with Crippen molar-refractivity contribution in [2.45, 2.75) is 45.6 Å². The molecule has 1 aromatic rings. The maximum atomic E-state index is 5.82. The van der Waals surface area contributed by atoms with Crippen LogP contribution in [-0.2, 0) is 17.6 Å². The van der Waals surface area contributed by atoms with Crippen LogP contribution in [-0.4, -0.2) is 6.61 Å². The van der Waals surface area contributed by atoms with Crippen LogP contribution in [0, 0.1) is 0 Å². The molecule has 0 saturated carbocycles. The number of aryl methyl sites for hydroxylation is 2. The zero-order chi connectivity index (χ0) is 10.7. The van der Waals surface area contributed by atoms with Gasteiger partial charge in [0.1, 0.15) is 0 Å². The van der Waals surface area contributed by atoms with Crippen LogP contribution < -0.4 is 0 Å². The Balaban J connectivity index is 2.39. The van der Waals surface area contributed by atoms with E-state index >= 15 is 0 Å². The maximum absolute atomic E-state index is 5.82. The lowest BCUT2D eigenvalue weighted by atomic mass is 9.92. The summed E-state index contributed by atoms with van der Waals surface area (Å²) in [7, 11) is 0. The molecule has 0 amide bonds. The highest BCUT2D eigenvalue weighted by Crippen LogP contribution is 2.33. The predicted octanol–water partition coefficient (Wildman–Crippen LogP) is 3.66. The Labute approximate surface area is 92.5 Å². The molecule has 1 aliphatic rings. The quantitative estimate of drug-likeness (QED) is 0.730. The van der Waals surface area contributed by atoms with Crippen LogP contribution in [0.25, 0.3) is 0 Å². The van der Waals surface area contributed by atoms with Crippen LogP contribution in [0.5, 0.6) is 0 Å². The molecule has 2 rings (SSSR count). The largest absolute Gasteiger partial charge is 0.374 e. The number of ether oxygens (including phenoxy) is 1. The maximum Gasteiger partial charge on any atom is 0.0831 e. The first-order valence-electron chi connectivity index (χ1n) is 6.09. The monoisotopic (exact) mass is 204 g/mol. The summed E-state index contributed by atoms with van der Waals surface area (Å²) in [4.78, 5) is 0. The van der Waals surface area contributed by atoms with E-state index in [1.165, 1.54) is 29.5 Å². The lowest BCUT2D eigenvalue weighted by Crippen LogP contribution is -2.05. The molecule has 0 N–H and O–H groups in total. The van der Waals surface area contributed by atoms with Gasteiger partial charge in [-0.1, -0.05) is 32.0 Å². The Bertz CT molecular complexity index is 302. The summed E-state index contributed by atoms with van der Waals surface area (Å²) in [6.07, 6.45) is 5.01. The number of hydrogen-bond donors (Lipinski definition) is 0. The first-order valence-corrected chi connectivity index (χ1v) is 6.09. The number of benzene rings is 1. The van der Waals surface area contributed by atoms with Gasteiger partial charge in [-0.3, -0.25) is 0 Å². The number of hydrogen-bond acceptors (Lipinski definition) is 1. The molecule has 0 radical (unpaired) electrons. The lowest BCUT2D eigenvalue weighted by molar-refractivity contribution is 0.110. The van der Waals surface area contributed by atoms with Crippen LogP contribution in [0.2, 0.25) is 0 Å². The summed E-state index contributed by atoms with van der Waals surface area (Å²) in [5.41, 5.74) is 4.43. The molecule has 1 aliphatic heterocycles. The Morgan fingerprint density at radius 2 is 1.87 bits per heavy atom. The summed E-state index contributed by atoms with van der Waals surface area (Å²) in [5.74, 6) is 0. The molecule has 1 unspecified atom stereocenters. The van der Waals surface area contributed by atoms with Gasteiger partial charge in [-0.25, -0.2) is 0 Å². The van der Waals surface area contributed by atoms with E-state index in [4.69, 9.17) is 4.74 Å². The Hall–Kier alpha value is -0.820. The van der Waals surface area contributed by atoms with Crippen molar-refractivity contribution < 1.29 is 4.74 Å². The fourth-order valence-electron chi connectivity index (χ4n) is 2.50. The molecule has 1 fully saturated rings. The molecular formula is C14H20O. The van der Waals surface area contributed by atoms with Gasteiger partial charge in [0.15, 0.2) is 0 Å². The minimum Gasteiger partial charge on any atom is -0.374 e. The molecule has 1 aromatic carbocycles. The van der Waals surface area contributed by atoms with Gasteiger partial charge in [0.2, 0.25) is 0 Å². The van der Waals surface area contributed by atoms with Gasteiger partial charge in [0.25, 0.3) is 0 Å². The van der Waals surface area contributed by atoms with Crippen molar-refractivity contribution in [1.82, 2.24) is 0 Å². The fourth-order valence-corrected chi connectivity index (χ4v) is 2.50. The smallest absolute Gasteiger partial charge is 0.0831 e. The Morgan fingerprint density at radius 3 is 2.33 bits per heavy atom. The molecule has 0 bridgehead atoms. The highest BCUT2D eigenvalue weighted by Gasteiger charge is 2.22. The zero-order valence-electron chi connectivity index (χ0n) is 9.75. The van der Waals surface area contributed by atoms with Crippen LogP contribution >= 0.6 is 0 Å². The van der Waals surface area contributed by atoms with E-state index in [1.54, 1.807) is 0 Å². The van der Waals surface area contributed by atoms with E-state index in [-0.39, 0.29) is 0 Å². The van der Waals surface area contributed by atoms with Crippen molar-refractivity contribution in [2.24, 2.45) is 0 Å². The van der Waals surface area contributed by atoms with Crippen molar-refractivity contribution in [2.75, 3.05) is 6.61 Å². The summed E-state index contributed by atoms with van der Waals surface area (Å²) in [5, 5.41) is 0. The van der Waals surface area contributed by atoms with Gasteiger partial charge in [-0.15, -0.1) is 0 Å². The normalized spacial score (nSPS) is 20.8. The number of rotatable bonds is 3. The summed E-state index contributed by atoms with van der Waals surface area (Å²) >= 11 is 0. The van der Waals surface area contributed by atoms with E-state index in [1.807, 2.05) is 0 Å². The molecule has 1 heteroatoms. The van der Waals surface area contributed by atoms with E-state index < -0.39 is 0 Å². The van der Waals surface area contributed by atoms with Crippen molar-refractivity contribution >= 4 is 0 Å². The van der Waals surface area contributed by atoms with E-state index in [0.717, 1.165) is 19.4 Å². The molecule has 1 heterocycles. The van der Waals surface area contributed by atoms with Crippen LogP contribution in [0.3, 0.4) is 0 Å².